The SMILES string of the molecule is Cc1cscc1C1CC(N2CCOC[C@H]2C)CC(=O)N1. The highest BCUT2D eigenvalue weighted by Crippen LogP contribution is 2.31. The number of ether oxygens (including phenoxy) is 1. The number of nitrogens with one attached hydrogen (secondary N) is 1. The average Bonchev–Trinajstić information content (AvgIpc) is 2.85. The van der Waals surface area contributed by atoms with Crippen LogP contribution in [-0.2, 0) is 9.53 Å². The fourth-order valence-corrected chi connectivity index (χ4v) is 4.25. The van der Waals surface area contributed by atoms with E-state index in [1.165, 1.54) is 11.1 Å². The van der Waals surface area contributed by atoms with Crippen LogP contribution in [0, 0.1) is 6.92 Å². The van der Waals surface area contributed by atoms with Gasteiger partial charge in [-0.25, -0.2) is 0 Å². The zero-order chi connectivity index (χ0) is 14.1. The maximum absolute atomic E-state index is 12.1. The molecule has 0 aromatic carbocycles. The first-order valence-corrected chi connectivity index (χ1v) is 8.25. The smallest absolute Gasteiger partial charge is 0.222 e. The monoisotopic (exact) mass is 294 g/mol. The van der Waals surface area contributed by atoms with Gasteiger partial charge in [-0.1, -0.05) is 0 Å². The highest BCUT2D eigenvalue weighted by Gasteiger charge is 2.35. The van der Waals surface area contributed by atoms with Crippen LogP contribution < -0.4 is 5.32 Å². The summed E-state index contributed by atoms with van der Waals surface area (Å²) in [5.41, 5.74) is 2.57. The Morgan fingerprint density at radius 2 is 2.30 bits per heavy atom. The lowest BCUT2D eigenvalue weighted by Gasteiger charge is -2.42. The molecule has 5 heteroatoms. The molecule has 1 amide bonds. The first kappa shape index (κ1) is 14.0. The summed E-state index contributed by atoms with van der Waals surface area (Å²) < 4.78 is 5.51. The minimum atomic E-state index is 0.169. The molecular formula is C15H22N2O2S. The van der Waals surface area contributed by atoms with Crippen LogP contribution >= 0.6 is 11.3 Å². The van der Waals surface area contributed by atoms with Crippen LogP contribution in [0.25, 0.3) is 0 Å². The predicted octanol–water partition coefficient (Wildman–Crippen LogP) is 2.10. The van der Waals surface area contributed by atoms with Crippen molar-refractivity contribution in [3.63, 3.8) is 0 Å². The van der Waals surface area contributed by atoms with Crippen molar-refractivity contribution in [2.45, 2.75) is 44.8 Å². The minimum absolute atomic E-state index is 0.169. The topological polar surface area (TPSA) is 41.6 Å². The molecule has 4 nitrogen and oxygen atoms in total. The van der Waals surface area contributed by atoms with Gasteiger partial charge >= 0.3 is 0 Å². The number of rotatable bonds is 2. The third-order valence-corrected chi connectivity index (χ3v) is 5.30. The maximum Gasteiger partial charge on any atom is 0.222 e. The van der Waals surface area contributed by atoms with Gasteiger partial charge in [-0.3, -0.25) is 9.69 Å². The summed E-state index contributed by atoms with van der Waals surface area (Å²) in [4.78, 5) is 14.5. The quantitative estimate of drug-likeness (QED) is 0.908. The van der Waals surface area contributed by atoms with Crippen molar-refractivity contribution in [1.29, 1.82) is 0 Å². The molecule has 110 valence electrons. The van der Waals surface area contributed by atoms with Gasteiger partial charge in [0.2, 0.25) is 5.91 Å². The largest absolute Gasteiger partial charge is 0.379 e. The summed E-state index contributed by atoms with van der Waals surface area (Å²) in [6.45, 7) is 6.81. The van der Waals surface area contributed by atoms with E-state index in [1.807, 2.05) is 0 Å². The second-order valence-corrected chi connectivity index (χ2v) is 6.63. The summed E-state index contributed by atoms with van der Waals surface area (Å²) in [5.74, 6) is 0.176. The third-order valence-electron chi connectivity index (χ3n) is 4.42. The zero-order valence-corrected chi connectivity index (χ0v) is 12.9. The number of hydrogen-bond donors (Lipinski definition) is 1. The lowest BCUT2D eigenvalue weighted by Crippen LogP contribution is -2.54. The number of piperidine rings is 1. The normalized spacial score (nSPS) is 32.1. The van der Waals surface area contributed by atoms with Crippen molar-refractivity contribution in [2.75, 3.05) is 19.8 Å². The molecule has 0 radical (unpaired) electrons. The van der Waals surface area contributed by atoms with Gasteiger partial charge < -0.3 is 10.1 Å². The van der Waals surface area contributed by atoms with E-state index in [-0.39, 0.29) is 11.9 Å². The molecule has 2 fully saturated rings. The van der Waals surface area contributed by atoms with E-state index >= 15 is 0 Å². The second kappa shape index (κ2) is 5.84. The number of hydrogen-bond acceptors (Lipinski definition) is 4. The molecule has 0 aliphatic carbocycles. The number of carbonyl (C=O) groups is 1. The van der Waals surface area contributed by atoms with Crippen LogP contribution in [0.3, 0.4) is 0 Å². The number of carbonyl (C=O) groups excluding carboxylic acids is 1. The van der Waals surface area contributed by atoms with Crippen molar-refractivity contribution >= 4 is 17.2 Å². The van der Waals surface area contributed by atoms with Gasteiger partial charge in [0.1, 0.15) is 0 Å². The summed E-state index contributed by atoms with van der Waals surface area (Å²) in [5, 5.41) is 7.48. The summed E-state index contributed by atoms with van der Waals surface area (Å²) >= 11 is 1.71. The van der Waals surface area contributed by atoms with Gasteiger partial charge in [0.05, 0.1) is 19.3 Å². The molecule has 0 saturated carbocycles. The molecule has 2 saturated heterocycles. The molecule has 1 aromatic heterocycles. The molecular weight excluding hydrogens is 272 g/mol. The van der Waals surface area contributed by atoms with Crippen molar-refractivity contribution in [2.24, 2.45) is 0 Å². The first-order valence-electron chi connectivity index (χ1n) is 7.30. The van der Waals surface area contributed by atoms with Gasteiger partial charge in [0.25, 0.3) is 0 Å². The molecule has 2 aliphatic heterocycles. The third kappa shape index (κ3) is 2.75. The summed E-state index contributed by atoms with van der Waals surface area (Å²) in [6.07, 6.45) is 1.62. The lowest BCUT2D eigenvalue weighted by atomic mass is 9.91. The fraction of sp³-hybridized carbons (Fsp3) is 0.667. The van der Waals surface area contributed by atoms with Crippen molar-refractivity contribution in [3.05, 3.63) is 21.9 Å². The zero-order valence-electron chi connectivity index (χ0n) is 12.1. The molecule has 3 rings (SSSR count). The van der Waals surface area contributed by atoms with Crippen LogP contribution in [0.15, 0.2) is 10.8 Å². The summed E-state index contributed by atoms with van der Waals surface area (Å²) in [6, 6.07) is 0.915. The summed E-state index contributed by atoms with van der Waals surface area (Å²) in [7, 11) is 0. The van der Waals surface area contributed by atoms with Crippen LogP contribution in [0.2, 0.25) is 0 Å². The van der Waals surface area contributed by atoms with Crippen LogP contribution in [-0.4, -0.2) is 42.6 Å². The Kier molecular flexibility index (Phi) is 4.10. The van der Waals surface area contributed by atoms with Crippen LogP contribution in [0.1, 0.15) is 36.9 Å². The second-order valence-electron chi connectivity index (χ2n) is 5.89. The van der Waals surface area contributed by atoms with Gasteiger partial charge in [0.15, 0.2) is 0 Å². The minimum Gasteiger partial charge on any atom is -0.379 e. The van der Waals surface area contributed by atoms with E-state index in [2.05, 4.69) is 34.8 Å². The Balaban J connectivity index is 1.76. The fourth-order valence-electron chi connectivity index (χ4n) is 3.35. The van der Waals surface area contributed by atoms with Gasteiger partial charge in [-0.2, -0.15) is 11.3 Å². The molecule has 0 bridgehead atoms. The van der Waals surface area contributed by atoms with Crippen molar-refractivity contribution < 1.29 is 9.53 Å². The molecule has 1 aromatic rings. The first-order chi connectivity index (χ1) is 9.65. The van der Waals surface area contributed by atoms with E-state index < -0.39 is 0 Å². The van der Waals surface area contributed by atoms with Crippen molar-refractivity contribution in [1.82, 2.24) is 10.2 Å². The van der Waals surface area contributed by atoms with Crippen LogP contribution in [0.4, 0.5) is 0 Å². The number of thiophene rings is 1. The highest BCUT2D eigenvalue weighted by molar-refractivity contribution is 7.08. The van der Waals surface area contributed by atoms with E-state index in [0.29, 0.717) is 18.5 Å². The van der Waals surface area contributed by atoms with E-state index in [0.717, 1.165) is 26.2 Å². The standard InChI is InChI=1S/C15H22N2O2S/c1-10-8-20-9-13(10)14-5-12(6-15(18)16-14)17-3-4-19-7-11(17)2/h8-9,11-12,14H,3-7H2,1-2H3,(H,16,18)/t11-,12?,14?/m1/s1. The van der Waals surface area contributed by atoms with E-state index in [9.17, 15) is 4.79 Å². The predicted molar refractivity (Wildman–Crippen MR) is 79.9 cm³/mol. The average molecular weight is 294 g/mol. The Bertz CT molecular complexity index is 488. The molecule has 0 spiro atoms. The molecule has 3 atom stereocenters. The van der Waals surface area contributed by atoms with Crippen LogP contribution in [0.5, 0.6) is 0 Å². The van der Waals surface area contributed by atoms with E-state index in [4.69, 9.17) is 4.74 Å². The van der Waals surface area contributed by atoms with Gasteiger partial charge in [-0.05, 0) is 42.2 Å². The van der Waals surface area contributed by atoms with E-state index in [1.54, 1.807) is 11.3 Å². The molecule has 2 unspecified atom stereocenters. The molecule has 2 aliphatic rings. The Morgan fingerprint density at radius 1 is 1.45 bits per heavy atom. The molecule has 1 N–H and O–H groups in total. The highest BCUT2D eigenvalue weighted by atomic mass is 32.1. The molecule has 20 heavy (non-hydrogen) atoms. The Morgan fingerprint density at radius 3 is 3.00 bits per heavy atom. The van der Waals surface area contributed by atoms with Crippen molar-refractivity contribution in [3.8, 4) is 0 Å². The number of aryl methyl sites for hydroxylation is 1. The Labute approximate surface area is 124 Å². The number of nitrogens with zero attached hydrogens (tertiary/aromatic N) is 1. The molecule has 3 heterocycles. The van der Waals surface area contributed by atoms with Gasteiger partial charge in [-0.15, -0.1) is 0 Å². The number of morpholine rings is 1. The maximum atomic E-state index is 12.1. The lowest BCUT2D eigenvalue weighted by molar-refractivity contribution is -0.127. The number of amides is 1. The Hall–Kier alpha value is -0.910. The van der Waals surface area contributed by atoms with Gasteiger partial charge in [0, 0.05) is 25.0 Å².